The highest BCUT2D eigenvalue weighted by molar-refractivity contribution is 9.10. The van der Waals surface area contributed by atoms with Crippen molar-refractivity contribution in [1.29, 1.82) is 0 Å². The molecule has 5 heteroatoms. The fourth-order valence-electron chi connectivity index (χ4n) is 1.68. The van der Waals surface area contributed by atoms with Gasteiger partial charge in [-0.15, -0.1) is 0 Å². The lowest BCUT2D eigenvalue weighted by atomic mass is 10.1. The second-order valence-electron chi connectivity index (χ2n) is 3.67. The zero-order chi connectivity index (χ0) is 11.7. The summed E-state index contributed by atoms with van der Waals surface area (Å²) in [5, 5.41) is 19.5. The van der Waals surface area contributed by atoms with Crippen molar-refractivity contribution in [3.8, 4) is 17.2 Å². The Hall–Kier alpha value is -0.940. The number of rotatable bonds is 1. The van der Waals surface area contributed by atoms with E-state index in [0.29, 0.717) is 34.7 Å². The number of ether oxygens (including phenoxy) is 2. The van der Waals surface area contributed by atoms with E-state index in [1.807, 2.05) is 0 Å². The van der Waals surface area contributed by atoms with Gasteiger partial charge in [0.2, 0.25) is 0 Å². The molecule has 1 aliphatic heterocycles. The third kappa shape index (κ3) is 1.97. The van der Waals surface area contributed by atoms with Gasteiger partial charge in [-0.05, 0) is 22.9 Å². The summed E-state index contributed by atoms with van der Waals surface area (Å²) in [5.74, 6) is 0.991. The van der Waals surface area contributed by atoms with Crippen LogP contribution in [0.5, 0.6) is 17.2 Å². The average molecular weight is 289 g/mol. The monoisotopic (exact) mass is 288 g/mol. The molecule has 0 amide bonds. The molecule has 0 spiro atoms. The topological polar surface area (TPSA) is 58.9 Å². The molecule has 16 heavy (non-hydrogen) atoms. The lowest BCUT2D eigenvalue weighted by Crippen LogP contribution is -2.01. The van der Waals surface area contributed by atoms with Gasteiger partial charge in [0.1, 0.15) is 5.75 Å². The van der Waals surface area contributed by atoms with E-state index in [4.69, 9.17) is 9.47 Å². The number of phenols is 1. The Labute approximate surface area is 102 Å². The Balaban J connectivity index is 2.60. The Morgan fingerprint density at radius 3 is 2.75 bits per heavy atom. The van der Waals surface area contributed by atoms with Crippen LogP contribution in [0.3, 0.4) is 0 Å². The number of fused-ring (bicyclic) bond motifs is 1. The molecule has 0 aromatic heterocycles. The molecule has 88 valence electrons. The van der Waals surface area contributed by atoms with Crippen molar-refractivity contribution >= 4 is 15.9 Å². The first-order chi connectivity index (χ1) is 7.61. The lowest BCUT2D eigenvalue weighted by Gasteiger charge is -2.17. The summed E-state index contributed by atoms with van der Waals surface area (Å²) < 4.78 is 11.5. The number of hydrogen-bond acceptors (Lipinski definition) is 4. The van der Waals surface area contributed by atoms with Crippen molar-refractivity contribution in [3.63, 3.8) is 0 Å². The van der Waals surface area contributed by atoms with E-state index in [2.05, 4.69) is 15.9 Å². The van der Waals surface area contributed by atoms with E-state index in [9.17, 15) is 10.2 Å². The van der Waals surface area contributed by atoms with E-state index in [-0.39, 0.29) is 5.75 Å². The molecule has 0 aliphatic carbocycles. The highest BCUT2D eigenvalue weighted by atomic mass is 79.9. The van der Waals surface area contributed by atoms with Gasteiger partial charge in [0.25, 0.3) is 0 Å². The first kappa shape index (κ1) is 11.5. The van der Waals surface area contributed by atoms with Gasteiger partial charge in [0.05, 0.1) is 29.4 Å². The van der Waals surface area contributed by atoms with Gasteiger partial charge in [-0.25, -0.2) is 0 Å². The summed E-state index contributed by atoms with van der Waals surface area (Å²) >= 11 is 3.22. The van der Waals surface area contributed by atoms with Crippen LogP contribution in [0.1, 0.15) is 25.0 Å². The van der Waals surface area contributed by atoms with Crippen LogP contribution in [0.25, 0.3) is 0 Å². The van der Waals surface area contributed by atoms with Crippen LogP contribution in [0.2, 0.25) is 0 Å². The maximum atomic E-state index is 9.87. The molecule has 0 saturated carbocycles. The molecule has 4 nitrogen and oxygen atoms in total. The number of aromatic hydroxyl groups is 1. The second kappa shape index (κ2) is 4.51. The Morgan fingerprint density at radius 2 is 2.06 bits per heavy atom. The van der Waals surface area contributed by atoms with E-state index in [1.165, 1.54) is 0 Å². The smallest absolute Gasteiger partial charge is 0.170 e. The second-order valence-corrected chi connectivity index (χ2v) is 4.53. The zero-order valence-corrected chi connectivity index (χ0v) is 10.5. The first-order valence-corrected chi connectivity index (χ1v) is 5.89. The quantitative estimate of drug-likeness (QED) is 0.833. The third-order valence-electron chi connectivity index (χ3n) is 2.42. The van der Waals surface area contributed by atoms with Crippen molar-refractivity contribution in [2.45, 2.75) is 19.4 Å². The minimum atomic E-state index is -0.812. The van der Waals surface area contributed by atoms with E-state index in [1.54, 1.807) is 13.0 Å². The van der Waals surface area contributed by atoms with E-state index < -0.39 is 6.10 Å². The number of halogens is 1. The summed E-state index contributed by atoms with van der Waals surface area (Å²) in [6.07, 6.45) is -0.0280. The van der Waals surface area contributed by atoms with Crippen LogP contribution < -0.4 is 9.47 Å². The minimum absolute atomic E-state index is 0.000694. The highest BCUT2D eigenvalue weighted by Gasteiger charge is 2.23. The SMILES string of the molecule is CC(O)c1c(O)c(Br)cc2c1OCCCO2. The fraction of sp³-hybridized carbons (Fsp3) is 0.455. The van der Waals surface area contributed by atoms with Crippen LogP contribution in [0.4, 0.5) is 0 Å². The molecule has 0 bridgehead atoms. The molecule has 1 aliphatic rings. The van der Waals surface area contributed by atoms with Gasteiger partial charge in [-0.2, -0.15) is 0 Å². The van der Waals surface area contributed by atoms with Crippen molar-refractivity contribution < 1.29 is 19.7 Å². The molecule has 1 aromatic rings. The molecular formula is C11H13BrO4. The van der Waals surface area contributed by atoms with Gasteiger partial charge in [0.15, 0.2) is 11.5 Å². The van der Waals surface area contributed by atoms with E-state index in [0.717, 1.165) is 6.42 Å². The predicted octanol–water partition coefficient (Wildman–Crippen LogP) is 2.37. The molecule has 0 fully saturated rings. The molecular weight excluding hydrogens is 276 g/mol. The molecule has 1 heterocycles. The van der Waals surface area contributed by atoms with Gasteiger partial charge in [0, 0.05) is 12.5 Å². The predicted molar refractivity (Wildman–Crippen MR) is 62.0 cm³/mol. The molecule has 1 unspecified atom stereocenters. The summed E-state index contributed by atoms with van der Waals surface area (Å²) in [6.45, 7) is 2.67. The Morgan fingerprint density at radius 1 is 1.38 bits per heavy atom. The molecule has 0 radical (unpaired) electrons. The van der Waals surface area contributed by atoms with Gasteiger partial charge >= 0.3 is 0 Å². The number of benzene rings is 1. The van der Waals surface area contributed by atoms with Crippen molar-refractivity contribution in [1.82, 2.24) is 0 Å². The molecule has 2 N–H and O–H groups in total. The van der Waals surface area contributed by atoms with Gasteiger partial charge < -0.3 is 19.7 Å². The van der Waals surface area contributed by atoms with Crippen molar-refractivity contribution in [2.75, 3.05) is 13.2 Å². The van der Waals surface area contributed by atoms with Crippen molar-refractivity contribution in [2.24, 2.45) is 0 Å². The minimum Gasteiger partial charge on any atom is -0.506 e. The summed E-state index contributed by atoms with van der Waals surface area (Å²) in [7, 11) is 0. The highest BCUT2D eigenvalue weighted by Crippen LogP contribution is 2.46. The van der Waals surface area contributed by atoms with Crippen LogP contribution >= 0.6 is 15.9 Å². The molecule has 1 atom stereocenters. The summed E-state index contributed by atoms with van der Waals surface area (Å²) in [5.41, 5.74) is 0.367. The zero-order valence-electron chi connectivity index (χ0n) is 8.86. The number of aliphatic hydroxyl groups excluding tert-OH is 1. The van der Waals surface area contributed by atoms with Gasteiger partial charge in [-0.3, -0.25) is 0 Å². The largest absolute Gasteiger partial charge is 0.506 e. The van der Waals surface area contributed by atoms with Crippen LogP contribution in [-0.2, 0) is 0 Å². The number of aliphatic hydroxyl groups is 1. The van der Waals surface area contributed by atoms with Crippen LogP contribution in [0, 0.1) is 0 Å². The first-order valence-electron chi connectivity index (χ1n) is 5.10. The summed E-state index contributed by atoms with van der Waals surface area (Å²) in [6, 6.07) is 1.65. The van der Waals surface area contributed by atoms with Crippen molar-refractivity contribution in [3.05, 3.63) is 16.1 Å². The normalized spacial score (nSPS) is 16.7. The van der Waals surface area contributed by atoms with Crippen LogP contribution in [0.15, 0.2) is 10.5 Å². The van der Waals surface area contributed by atoms with E-state index >= 15 is 0 Å². The molecule has 0 saturated heterocycles. The van der Waals surface area contributed by atoms with Gasteiger partial charge in [-0.1, -0.05) is 0 Å². The standard InChI is InChI=1S/C11H13BrO4/c1-6(13)9-10(14)7(12)5-8-11(9)16-4-2-3-15-8/h5-6,13-14H,2-4H2,1H3. The number of hydrogen-bond donors (Lipinski definition) is 2. The maximum absolute atomic E-state index is 9.87. The third-order valence-corrected chi connectivity index (χ3v) is 3.02. The summed E-state index contributed by atoms with van der Waals surface area (Å²) in [4.78, 5) is 0. The molecule has 1 aromatic carbocycles. The molecule has 2 rings (SSSR count). The average Bonchev–Trinajstić information content (AvgIpc) is 2.44. The lowest BCUT2D eigenvalue weighted by molar-refractivity contribution is 0.186. The Kier molecular flexibility index (Phi) is 3.25. The Bertz CT molecular complexity index is 403. The maximum Gasteiger partial charge on any atom is 0.170 e. The number of phenolic OH excluding ortho intramolecular Hbond substituents is 1. The van der Waals surface area contributed by atoms with Crippen LogP contribution in [-0.4, -0.2) is 23.4 Å². The fourth-order valence-corrected chi connectivity index (χ4v) is 2.10.